The Morgan fingerprint density at radius 3 is 2.83 bits per heavy atom. The van der Waals surface area contributed by atoms with Gasteiger partial charge in [0.2, 0.25) is 0 Å². The lowest BCUT2D eigenvalue weighted by Gasteiger charge is -2.32. The number of rotatable bonds is 4. The van der Waals surface area contributed by atoms with E-state index in [9.17, 15) is 0 Å². The van der Waals surface area contributed by atoms with E-state index < -0.39 is 0 Å². The van der Waals surface area contributed by atoms with E-state index >= 15 is 0 Å². The highest BCUT2D eigenvalue weighted by Gasteiger charge is 2.24. The largest absolute Gasteiger partial charge is 0.368 e. The van der Waals surface area contributed by atoms with Crippen LogP contribution in [-0.4, -0.2) is 22.0 Å². The summed E-state index contributed by atoms with van der Waals surface area (Å²) in [6.07, 6.45) is 4.74. The molecule has 0 aliphatic rings. The molecule has 0 aliphatic carbocycles. The van der Waals surface area contributed by atoms with E-state index in [1.807, 2.05) is 24.5 Å². The molecule has 98 valence electrons. The van der Waals surface area contributed by atoms with Crippen LogP contribution >= 0.6 is 0 Å². The molecule has 2 aromatic rings. The number of nitrogens with one attached hydrogen (secondary N) is 1. The number of hydrogen-bond donors (Lipinski definition) is 2. The molecule has 2 aromatic heterocycles. The fourth-order valence-electron chi connectivity index (χ4n) is 2.13. The third-order valence-corrected chi connectivity index (χ3v) is 3.25. The summed E-state index contributed by atoms with van der Waals surface area (Å²) in [7, 11) is 0. The van der Waals surface area contributed by atoms with Gasteiger partial charge in [-0.3, -0.25) is 4.40 Å². The number of hydrogen-bond acceptors (Lipinski definition) is 3. The van der Waals surface area contributed by atoms with Gasteiger partial charge in [-0.1, -0.05) is 26.8 Å². The van der Waals surface area contributed by atoms with Crippen molar-refractivity contribution in [2.24, 2.45) is 11.1 Å². The van der Waals surface area contributed by atoms with Crippen LogP contribution in [0, 0.1) is 5.41 Å². The smallest absolute Gasteiger partial charge is 0.138 e. The number of nitrogens with zero attached hydrogens (tertiary/aromatic N) is 2. The number of nitrogens with two attached hydrogens (primary N) is 1. The summed E-state index contributed by atoms with van der Waals surface area (Å²) in [6.45, 7) is 7.38. The van der Waals surface area contributed by atoms with Gasteiger partial charge < -0.3 is 11.1 Å². The number of fused-ring (bicyclic) bond motifs is 1. The van der Waals surface area contributed by atoms with Crippen molar-refractivity contribution in [3.8, 4) is 0 Å². The van der Waals surface area contributed by atoms with Gasteiger partial charge in [0.1, 0.15) is 11.5 Å². The first kappa shape index (κ1) is 12.9. The Morgan fingerprint density at radius 1 is 1.39 bits per heavy atom. The molecule has 3 N–H and O–H groups in total. The first-order chi connectivity index (χ1) is 8.52. The first-order valence-electron chi connectivity index (χ1n) is 6.41. The lowest BCUT2D eigenvalue weighted by Crippen LogP contribution is -2.36. The van der Waals surface area contributed by atoms with Crippen molar-refractivity contribution >= 4 is 11.5 Å². The summed E-state index contributed by atoms with van der Waals surface area (Å²) in [5.41, 5.74) is 6.84. The minimum atomic E-state index is 0.169. The molecule has 1 atom stereocenters. The quantitative estimate of drug-likeness (QED) is 0.871. The monoisotopic (exact) mass is 246 g/mol. The van der Waals surface area contributed by atoms with Crippen molar-refractivity contribution < 1.29 is 0 Å². The van der Waals surface area contributed by atoms with Crippen molar-refractivity contribution in [1.29, 1.82) is 0 Å². The second kappa shape index (κ2) is 4.98. The van der Waals surface area contributed by atoms with Gasteiger partial charge >= 0.3 is 0 Å². The topological polar surface area (TPSA) is 55.3 Å². The Labute approximate surface area is 108 Å². The normalized spacial score (nSPS) is 13.8. The average Bonchev–Trinajstić information content (AvgIpc) is 2.76. The van der Waals surface area contributed by atoms with Crippen molar-refractivity contribution in [2.45, 2.75) is 33.2 Å². The van der Waals surface area contributed by atoms with Crippen molar-refractivity contribution in [1.82, 2.24) is 9.38 Å². The zero-order chi connectivity index (χ0) is 13.2. The van der Waals surface area contributed by atoms with E-state index in [0.717, 1.165) is 17.9 Å². The maximum absolute atomic E-state index is 5.71. The summed E-state index contributed by atoms with van der Waals surface area (Å²) in [5.74, 6) is 1.07. The fraction of sp³-hybridized carbons (Fsp3) is 0.500. The molecule has 0 radical (unpaired) electrons. The highest BCUT2D eigenvalue weighted by molar-refractivity contribution is 5.50. The molecule has 4 heteroatoms. The molecule has 0 aromatic carbocycles. The van der Waals surface area contributed by atoms with Crippen LogP contribution in [0.4, 0.5) is 5.82 Å². The third-order valence-electron chi connectivity index (χ3n) is 3.25. The molecule has 0 aliphatic heterocycles. The molecular formula is C14H22N4. The molecule has 18 heavy (non-hydrogen) atoms. The molecule has 1 unspecified atom stereocenters. The Kier molecular flexibility index (Phi) is 3.57. The minimum Gasteiger partial charge on any atom is -0.368 e. The zero-order valence-corrected chi connectivity index (χ0v) is 11.4. The van der Waals surface area contributed by atoms with Gasteiger partial charge in [0.05, 0.1) is 0 Å². The first-order valence-corrected chi connectivity index (χ1v) is 6.41. The molecule has 0 saturated carbocycles. The van der Waals surface area contributed by atoms with Crippen LogP contribution in [-0.2, 0) is 0 Å². The Morgan fingerprint density at radius 2 is 2.17 bits per heavy atom. The Bertz CT molecular complexity index is 510. The molecular weight excluding hydrogens is 224 g/mol. The van der Waals surface area contributed by atoms with Crippen LogP contribution in [0.5, 0.6) is 0 Å². The highest BCUT2D eigenvalue weighted by atomic mass is 15.1. The fourth-order valence-corrected chi connectivity index (χ4v) is 2.13. The van der Waals surface area contributed by atoms with Crippen LogP contribution in [0.1, 0.15) is 27.2 Å². The molecule has 0 bridgehead atoms. The molecule has 2 heterocycles. The molecule has 0 amide bonds. The maximum atomic E-state index is 5.71. The SMILES string of the molecule is CC(C)(C)C(CCN)Nc1cccc2nccn12. The molecule has 0 spiro atoms. The molecule has 4 nitrogen and oxygen atoms in total. The summed E-state index contributed by atoms with van der Waals surface area (Å²) < 4.78 is 2.06. The number of aromatic nitrogens is 2. The van der Waals surface area contributed by atoms with Gasteiger partial charge in [-0.25, -0.2) is 4.98 Å². The van der Waals surface area contributed by atoms with E-state index in [-0.39, 0.29) is 5.41 Å². The molecule has 0 saturated heterocycles. The van der Waals surface area contributed by atoms with E-state index in [1.54, 1.807) is 0 Å². The lowest BCUT2D eigenvalue weighted by molar-refractivity contribution is 0.328. The molecule has 2 rings (SSSR count). The average molecular weight is 246 g/mol. The van der Waals surface area contributed by atoms with Crippen molar-refractivity contribution in [2.75, 3.05) is 11.9 Å². The Balaban J connectivity index is 2.28. The van der Waals surface area contributed by atoms with Gasteiger partial charge in [-0.15, -0.1) is 0 Å². The summed E-state index contributed by atoms with van der Waals surface area (Å²) in [4.78, 5) is 4.29. The van der Waals surface area contributed by atoms with Crippen LogP contribution in [0.3, 0.4) is 0 Å². The van der Waals surface area contributed by atoms with E-state index in [2.05, 4.69) is 41.5 Å². The minimum absolute atomic E-state index is 0.169. The van der Waals surface area contributed by atoms with Crippen molar-refractivity contribution in [3.05, 3.63) is 30.6 Å². The van der Waals surface area contributed by atoms with E-state index in [4.69, 9.17) is 5.73 Å². The lowest BCUT2D eigenvalue weighted by atomic mass is 9.85. The number of pyridine rings is 1. The van der Waals surface area contributed by atoms with Crippen LogP contribution in [0.25, 0.3) is 5.65 Å². The van der Waals surface area contributed by atoms with Gasteiger partial charge in [0, 0.05) is 18.4 Å². The predicted molar refractivity (Wildman–Crippen MR) is 75.7 cm³/mol. The van der Waals surface area contributed by atoms with Gasteiger partial charge in [0.25, 0.3) is 0 Å². The molecule has 0 fully saturated rings. The summed E-state index contributed by atoms with van der Waals surface area (Å²) in [6, 6.07) is 6.44. The van der Waals surface area contributed by atoms with Crippen molar-refractivity contribution in [3.63, 3.8) is 0 Å². The van der Waals surface area contributed by atoms with Crippen LogP contribution < -0.4 is 11.1 Å². The van der Waals surface area contributed by atoms with Crippen LogP contribution in [0.15, 0.2) is 30.6 Å². The van der Waals surface area contributed by atoms with Gasteiger partial charge in [0.15, 0.2) is 0 Å². The standard InChI is InChI=1S/C14H22N4/c1-14(2,3)11(7-8-15)17-13-6-4-5-12-16-9-10-18(12)13/h4-6,9-11,17H,7-8,15H2,1-3H3. The van der Waals surface area contributed by atoms with Gasteiger partial charge in [-0.2, -0.15) is 0 Å². The zero-order valence-electron chi connectivity index (χ0n) is 11.4. The Hall–Kier alpha value is -1.55. The maximum Gasteiger partial charge on any atom is 0.138 e. The number of imidazole rings is 1. The van der Waals surface area contributed by atoms with Gasteiger partial charge in [-0.05, 0) is 30.5 Å². The van der Waals surface area contributed by atoms with Crippen LogP contribution in [0.2, 0.25) is 0 Å². The van der Waals surface area contributed by atoms with E-state index in [0.29, 0.717) is 12.6 Å². The highest BCUT2D eigenvalue weighted by Crippen LogP contribution is 2.25. The second-order valence-corrected chi connectivity index (χ2v) is 5.71. The summed E-state index contributed by atoms with van der Waals surface area (Å²) >= 11 is 0. The van der Waals surface area contributed by atoms with E-state index in [1.165, 1.54) is 0 Å². The third kappa shape index (κ3) is 2.64. The predicted octanol–water partition coefficient (Wildman–Crippen LogP) is 2.51. The summed E-state index contributed by atoms with van der Waals surface area (Å²) in [5, 5.41) is 3.59. The number of anilines is 1. The second-order valence-electron chi connectivity index (χ2n) is 5.71.